The number of ether oxygens (including phenoxy) is 1. The summed E-state index contributed by atoms with van der Waals surface area (Å²) in [6, 6.07) is 0. The lowest BCUT2D eigenvalue weighted by molar-refractivity contribution is -0.136. The summed E-state index contributed by atoms with van der Waals surface area (Å²) in [6.45, 7) is 8.89. The van der Waals surface area contributed by atoms with E-state index in [1.54, 1.807) is 0 Å². The number of hydrogen-bond donors (Lipinski definition) is 1. The van der Waals surface area contributed by atoms with Gasteiger partial charge in [-0.3, -0.25) is 9.69 Å². The van der Waals surface area contributed by atoms with Crippen molar-refractivity contribution in [3.8, 4) is 0 Å². The maximum Gasteiger partial charge on any atom is 0.236 e. The van der Waals surface area contributed by atoms with Crippen molar-refractivity contribution in [3.05, 3.63) is 0 Å². The highest BCUT2D eigenvalue weighted by molar-refractivity contribution is 5.85. The maximum absolute atomic E-state index is 12.0. The number of carbonyl (C=O) groups excluding carboxylic acids is 1. The van der Waals surface area contributed by atoms with Crippen LogP contribution in [0.1, 0.15) is 13.8 Å². The molecular formula is C12H26ClN3O2. The van der Waals surface area contributed by atoms with E-state index in [-0.39, 0.29) is 23.7 Å². The molecule has 6 heteroatoms. The van der Waals surface area contributed by atoms with E-state index in [1.165, 1.54) is 0 Å². The molecule has 2 N–H and O–H groups in total. The van der Waals surface area contributed by atoms with E-state index in [2.05, 4.69) is 13.8 Å². The fraction of sp³-hybridized carbons (Fsp3) is 0.917. The Kier molecular flexibility index (Phi) is 7.78. The molecule has 1 amide bonds. The molecule has 1 rings (SSSR count). The van der Waals surface area contributed by atoms with Crippen molar-refractivity contribution in [2.45, 2.75) is 13.8 Å². The zero-order valence-corrected chi connectivity index (χ0v) is 12.5. The molecule has 1 heterocycles. The zero-order valence-electron chi connectivity index (χ0n) is 11.6. The summed E-state index contributed by atoms with van der Waals surface area (Å²) in [4.78, 5) is 15.9. The molecule has 1 aliphatic heterocycles. The molecule has 0 aromatic heterocycles. The summed E-state index contributed by atoms with van der Waals surface area (Å²) in [7, 11) is 1.97. The highest BCUT2D eigenvalue weighted by Gasteiger charge is 2.22. The smallest absolute Gasteiger partial charge is 0.236 e. The van der Waals surface area contributed by atoms with Gasteiger partial charge >= 0.3 is 0 Å². The van der Waals surface area contributed by atoms with E-state index in [1.807, 2.05) is 16.8 Å². The second-order valence-corrected chi connectivity index (χ2v) is 5.53. The minimum Gasteiger partial charge on any atom is -0.378 e. The van der Waals surface area contributed by atoms with Gasteiger partial charge in [0.2, 0.25) is 5.91 Å². The van der Waals surface area contributed by atoms with Gasteiger partial charge in [0.05, 0.1) is 19.8 Å². The molecule has 1 fully saturated rings. The number of nitrogens with zero attached hydrogens (tertiary/aromatic N) is 2. The van der Waals surface area contributed by atoms with Crippen LogP contribution in [0.5, 0.6) is 0 Å². The Morgan fingerprint density at radius 3 is 2.44 bits per heavy atom. The van der Waals surface area contributed by atoms with Crippen LogP contribution in [0.2, 0.25) is 0 Å². The summed E-state index contributed by atoms with van der Waals surface area (Å²) < 4.78 is 5.23. The van der Waals surface area contributed by atoms with E-state index in [0.717, 1.165) is 6.54 Å². The van der Waals surface area contributed by atoms with Crippen LogP contribution < -0.4 is 5.73 Å². The fourth-order valence-electron chi connectivity index (χ4n) is 1.99. The number of rotatable bonds is 5. The van der Waals surface area contributed by atoms with Crippen molar-refractivity contribution < 1.29 is 9.53 Å². The minimum atomic E-state index is 0. The summed E-state index contributed by atoms with van der Waals surface area (Å²) in [5, 5.41) is 0. The first-order valence-electron chi connectivity index (χ1n) is 6.19. The third-order valence-electron chi connectivity index (χ3n) is 3.02. The first kappa shape index (κ1) is 17.6. The molecule has 1 saturated heterocycles. The van der Waals surface area contributed by atoms with Gasteiger partial charge in [-0.25, -0.2) is 0 Å². The second kappa shape index (κ2) is 7.94. The molecule has 0 radical (unpaired) electrons. The molecule has 18 heavy (non-hydrogen) atoms. The van der Waals surface area contributed by atoms with Crippen LogP contribution in [0.15, 0.2) is 0 Å². The first-order valence-corrected chi connectivity index (χ1v) is 6.19. The number of nitrogens with two attached hydrogens (primary N) is 1. The van der Waals surface area contributed by atoms with Crippen molar-refractivity contribution in [1.29, 1.82) is 0 Å². The number of halogens is 1. The van der Waals surface area contributed by atoms with Gasteiger partial charge in [-0.15, -0.1) is 12.4 Å². The quantitative estimate of drug-likeness (QED) is 0.780. The van der Waals surface area contributed by atoms with Crippen LogP contribution in [-0.2, 0) is 9.53 Å². The van der Waals surface area contributed by atoms with Crippen molar-refractivity contribution in [2.75, 3.05) is 53.0 Å². The lowest BCUT2D eigenvalue weighted by Gasteiger charge is -2.32. The summed E-state index contributed by atoms with van der Waals surface area (Å²) in [6.07, 6.45) is 0. The predicted octanol–water partition coefficient (Wildman–Crippen LogP) is 0.184. The summed E-state index contributed by atoms with van der Waals surface area (Å²) in [5.41, 5.74) is 5.75. The Labute approximate surface area is 116 Å². The van der Waals surface area contributed by atoms with Crippen LogP contribution in [0.3, 0.4) is 0 Å². The number of amides is 1. The van der Waals surface area contributed by atoms with Gasteiger partial charge in [0, 0.05) is 19.6 Å². The molecule has 1 aliphatic rings. The second-order valence-electron chi connectivity index (χ2n) is 5.53. The van der Waals surface area contributed by atoms with Gasteiger partial charge in [0.1, 0.15) is 0 Å². The average Bonchev–Trinajstić information content (AvgIpc) is 2.29. The molecule has 0 bridgehead atoms. The summed E-state index contributed by atoms with van der Waals surface area (Å²) >= 11 is 0. The van der Waals surface area contributed by atoms with E-state index >= 15 is 0 Å². The van der Waals surface area contributed by atoms with E-state index in [9.17, 15) is 4.79 Å². The van der Waals surface area contributed by atoms with Gasteiger partial charge < -0.3 is 15.4 Å². The molecule has 0 aromatic carbocycles. The Morgan fingerprint density at radius 1 is 1.39 bits per heavy atom. The van der Waals surface area contributed by atoms with Gasteiger partial charge in [-0.1, -0.05) is 13.8 Å². The number of morpholine rings is 1. The third-order valence-corrected chi connectivity index (χ3v) is 3.02. The highest BCUT2D eigenvalue weighted by atomic mass is 35.5. The Hall–Kier alpha value is -0.360. The van der Waals surface area contributed by atoms with Crippen LogP contribution in [0.25, 0.3) is 0 Å². The predicted molar refractivity (Wildman–Crippen MR) is 75.0 cm³/mol. The molecule has 0 saturated carbocycles. The Balaban J connectivity index is 0.00000289. The Bertz CT molecular complexity index is 256. The monoisotopic (exact) mass is 279 g/mol. The zero-order chi connectivity index (χ0) is 12.9. The lowest BCUT2D eigenvalue weighted by atomic mass is 9.93. The van der Waals surface area contributed by atoms with Crippen molar-refractivity contribution >= 4 is 18.3 Å². The molecule has 108 valence electrons. The third kappa shape index (κ3) is 6.00. The van der Waals surface area contributed by atoms with Crippen LogP contribution in [0, 0.1) is 5.41 Å². The van der Waals surface area contributed by atoms with E-state index in [0.29, 0.717) is 39.4 Å². The molecule has 0 spiro atoms. The van der Waals surface area contributed by atoms with Gasteiger partial charge in [-0.2, -0.15) is 0 Å². The lowest BCUT2D eigenvalue weighted by Crippen LogP contribution is -2.47. The van der Waals surface area contributed by atoms with Gasteiger partial charge in [0.25, 0.3) is 0 Å². The number of carbonyl (C=O) groups is 1. The maximum atomic E-state index is 12.0. The van der Waals surface area contributed by atoms with Crippen molar-refractivity contribution in [3.63, 3.8) is 0 Å². The molecule has 0 unspecified atom stereocenters. The SMILES string of the molecule is CN(CC(=O)N1CCOCC1)CC(C)(C)CN.Cl. The van der Waals surface area contributed by atoms with Crippen LogP contribution >= 0.6 is 12.4 Å². The molecule has 0 aliphatic carbocycles. The van der Waals surface area contributed by atoms with E-state index in [4.69, 9.17) is 10.5 Å². The van der Waals surface area contributed by atoms with Crippen LogP contribution in [0.4, 0.5) is 0 Å². The Morgan fingerprint density at radius 2 is 1.94 bits per heavy atom. The first-order chi connectivity index (χ1) is 7.94. The standard InChI is InChI=1S/C12H25N3O2.ClH/c1-12(2,9-13)10-14(3)8-11(16)15-4-6-17-7-5-15;/h4-10,13H2,1-3H3;1H. The summed E-state index contributed by atoms with van der Waals surface area (Å²) in [5.74, 6) is 0.184. The van der Waals surface area contributed by atoms with Gasteiger partial charge in [0.15, 0.2) is 0 Å². The van der Waals surface area contributed by atoms with Gasteiger partial charge in [-0.05, 0) is 19.0 Å². The molecular weight excluding hydrogens is 254 g/mol. The number of likely N-dealkylation sites (N-methyl/N-ethyl adjacent to an activating group) is 1. The highest BCUT2D eigenvalue weighted by Crippen LogP contribution is 2.13. The molecule has 5 nitrogen and oxygen atoms in total. The van der Waals surface area contributed by atoms with Crippen molar-refractivity contribution in [1.82, 2.24) is 9.80 Å². The molecule has 0 atom stereocenters. The van der Waals surface area contributed by atoms with Crippen molar-refractivity contribution in [2.24, 2.45) is 11.1 Å². The fourth-order valence-corrected chi connectivity index (χ4v) is 1.99. The molecule has 0 aromatic rings. The number of hydrogen-bond acceptors (Lipinski definition) is 4. The largest absolute Gasteiger partial charge is 0.378 e. The van der Waals surface area contributed by atoms with E-state index < -0.39 is 0 Å². The average molecular weight is 280 g/mol. The normalized spacial score (nSPS) is 16.6. The van der Waals surface area contributed by atoms with Crippen LogP contribution in [-0.4, -0.2) is 68.7 Å². The topological polar surface area (TPSA) is 58.8 Å². The minimum absolute atomic E-state index is 0.